The lowest BCUT2D eigenvalue weighted by Crippen LogP contribution is -2.25. The number of aryl methyl sites for hydroxylation is 1. The van der Waals surface area contributed by atoms with E-state index >= 15 is 0 Å². The number of benzene rings is 2. The lowest BCUT2D eigenvalue weighted by Gasteiger charge is -2.05. The summed E-state index contributed by atoms with van der Waals surface area (Å²) in [5.74, 6) is 0.445. The van der Waals surface area contributed by atoms with E-state index in [1.54, 1.807) is 30.5 Å². The predicted molar refractivity (Wildman–Crippen MR) is 109 cm³/mol. The molecule has 140 valence electrons. The van der Waals surface area contributed by atoms with Gasteiger partial charge in [0.2, 0.25) is 5.89 Å². The van der Waals surface area contributed by atoms with Crippen molar-refractivity contribution in [2.75, 3.05) is 6.54 Å². The minimum Gasteiger partial charge on any atom is -0.444 e. The van der Waals surface area contributed by atoms with Crippen molar-refractivity contribution in [2.45, 2.75) is 13.3 Å². The number of hydrogen-bond donors (Lipinski definition) is 1. The van der Waals surface area contributed by atoms with E-state index in [1.165, 1.54) is 5.56 Å². The molecule has 4 rings (SSSR count). The van der Waals surface area contributed by atoms with Crippen LogP contribution in [0.3, 0.4) is 0 Å². The van der Waals surface area contributed by atoms with Crippen molar-refractivity contribution in [3.8, 4) is 11.5 Å². The van der Waals surface area contributed by atoms with Gasteiger partial charge in [-0.05, 0) is 49.4 Å². The van der Waals surface area contributed by atoms with Gasteiger partial charge in [-0.25, -0.2) is 9.97 Å². The third-order valence-corrected chi connectivity index (χ3v) is 4.64. The summed E-state index contributed by atoms with van der Waals surface area (Å²) < 4.78 is 5.55. The van der Waals surface area contributed by atoms with Gasteiger partial charge < -0.3 is 9.73 Å². The molecule has 0 bridgehead atoms. The minimum absolute atomic E-state index is 0.140. The first-order valence-electron chi connectivity index (χ1n) is 8.94. The summed E-state index contributed by atoms with van der Waals surface area (Å²) in [6.45, 7) is 2.50. The van der Waals surface area contributed by atoms with Gasteiger partial charge in [-0.1, -0.05) is 29.3 Å². The van der Waals surface area contributed by atoms with Crippen LogP contribution in [0.15, 0.2) is 65.3 Å². The number of amides is 1. The summed E-state index contributed by atoms with van der Waals surface area (Å²) in [6, 6.07) is 16.9. The fraction of sp³-hybridized carbons (Fsp3) is 0.136. The Labute approximate surface area is 167 Å². The van der Waals surface area contributed by atoms with Gasteiger partial charge in [0.15, 0.2) is 0 Å². The number of rotatable bonds is 5. The Morgan fingerprint density at radius 1 is 1.07 bits per heavy atom. The maximum atomic E-state index is 12.4. The van der Waals surface area contributed by atoms with Crippen LogP contribution in [0.4, 0.5) is 0 Å². The van der Waals surface area contributed by atoms with E-state index in [0.29, 0.717) is 29.6 Å². The molecular weight excluding hydrogens is 374 g/mol. The number of carbonyl (C=O) groups is 1. The zero-order valence-corrected chi connectivity index (χ0v) is 16.0. The molecule has 2 heterocycles. The molecule has 0 atom stereocenters. The van der Waals surface area contributed by atoms with Gasteiger partial charge in [0.05, 0.1) is 11.2 Å². The molecule has 1 amide bonds. The van der Waals surface area contributed by atoms with Gasteiger partial charge in [-0.2, -0.15) is 0 Å². The van der Waals surface area contributed by atoms with Crippen LogP contribution in [-0.2, 0) is 6.42 Å². The van der Waals surface area contributed by atoms with Crippen LogP contribution in [0.2, 0.25) is 5.15 Å². The molecule has 0 aliphatic carbocycles. The molecule has 1 N–H and O–H groups in total. The molecule has 0 spiro atoms. The minimum atomic E-state index is -0.140. The Morgan fingerprint density at radius 2 is 1.89 bits per heavy atom. The number of oxazole rings is 1. The molecule has 0 aliphatic heterocycles. The number of nitrogens with zero attached hydrogens (tertiary/aromatic N) is 2. The summed E-state index contributed by atoms with van der Waals surface area (Å²) in [5, 5.41) is 4.22. The highest BCUT2D eigenvalue weighted by molar-refractivity contribution is 6.29. The highest BCUT2D eigenvalue weighted by atomic mass is 35.5. The van der Waals surface area contributed by atoms with Crippen molar-refractivity contribution in [1.82, 2.24) is 15.3 Å². The number of pyridine rings is 1. The Balaban J connectivity index is 1.37. The average Bonchev–Trinajstić information content (AvgIpc) is 3.17. The van der Waals surface area contributed by atoms with E-state index in [0.717, 1.165) is 22.2 Å². The van der Waals surface area contributed by atoms with E-state index in [-0.39, 0.29) is 5.91 Å². The van der Waals surface area contributed by atoms with Crippen molar-refractivity contribution in [2.24, 2.45) is 0 Å². The third-order valence-electron chi connectivity index (χ3n) is 4.43. The van der Waals surface area contributed by atoms with E-state index in [2.05, 4.69) is 15.3 Å². The Hall–Kier alpha value is -3.18. The first-order valence-corrected chi connectivity index (χ1v) is 9.32. The number of carbonyl (C=O) groups excluding carboxylic acids is 1. The topological polar surface area (TPSA) is 68.0 Å². The Morgan fingerprint density at radius 3 is 2.71 bits per heavy atom. The standard InChI is InChI=1S/C22H18ClN3O2/c1-14-2-4-15(5-3-14)22-25-18(13-28-22)10-11-24-21(27)17-6-8-19-16(12-17)7-9-20(23)26-19/h2-9,12-13H,10-11H2,1H3,(H,24,27). The van der Waals surface area contributed by atoms with Crippen LogP contribution in [0, 0.1) is 6.92 Å². The van der Waals surface area contributed by atoms with E-state index in [1.807, 2.05) is 37.3 Å². The summed E-state index contributed by atoms with van der Waals surface area (Å²) >= 11 is 5.89. The molecule has 0 fully saturated rings. The van der Waals surface area contributed by atoms with Crippen LogP contribution >= 0.6 is 11.6 Å². The lowest BCUT2D eigenvalue weighted by molar-refractivity contribution is 0.0954. The van der Waals surface area contributed by atoms with Crippen LogP contribution in [-0.4, -0.2) is 22.4 Å². The third kappa shape index (κ3) is 4.05. The maximum absolute atomic E-state index is 12.4. The van der Waals surface area contributed by atoms with Crippen molar-refractivity contribution < 1.29 is 9.21 Å². The number of hydrogen-bond acceptors (Lipinski definition) is 4. The van der Waals surface area contributed by atoms with E-state index in [4.69, 9.17) is 16.0 Å². The van der Waals surface area contributed by atoms with Crippen LogP contribution in [0.1, 0.15) is 21.6 Å². The molecule has 0 aliphatic rings. The van der Waals surface area contributed by atoms with Gasteiger partial charge >= 0.3 is 0 Å². The van der Waals surface area contributed by atoms with Gasteiger partial charge in [0.25, 0.3) is 5.91 Å². The zero-order chi connectivity index (χ0) is 19.5. The second kappa shape index (κ2) is 7.82. The first-order chi connectivity index (χ1) is 13.6. The van der Waals surface area contributed by atoms with Gasteiger partial charge in [-0.3, -0.25) is 4.79 Å². The molecule has 2 aromatic heterocycles. The molecule has 6 heteroatoms. The van der Waals surface area contributed by atoms with Crippen molar-refractivity contribution >= 4 is 28.4 Å². The largest absolute Gasteiger partial charge is 0.444 e. The van der Waals surface area contributed by atoms with E-state index in [9.17, 15) is 4.79 Å². The van der Waals surface area contributed by atoms with E-state index < -0.39 is 0 Å². The van der Waals surface area contributed by atoms with Gasteiger partial charge in [0.1, 0.15) is 11.4 Å². The number of halogens is 1. The van der Waals surface area contributed by atoms with Crippen LogP contribution in [0.5, 0.6) is 0 Å². The molecule has 28 heavy (non-hydrogen) atoms. The summed E-state index contributed by atoms with van der Waals surface area (Å²) in [4.78, 5) is 21.1. The van der Waals surface area contributed by atoms with Crippen LogP contribution < -0.4 is 5.32 Å². The van der Waals surface area contributed by atoms with Gasteiger partial charge in [-0.15, -0.1) is 0 Å². The zero-order valence-electron chi connectivity index (χ0n) is 15.3. The molecule has 4 aromatic rings. The van der Waals surface area contributed by atoms with Crippen molar-refractivity contribution in [3.05, 3.63) is 82.8 Å². The normalized spacial score (nSPS) is 10.9. The second-order valence-electron chi connectivity index (χ2n) is 6.56. The second-order valence-corrected chi connectivity index (χ2v) is 6.94. The molecule has 0 saturated heterocycles. The van der Waals surface area contributed by atoms with Gasteiger partial charge in [0, 0.05) is 29.5 Å². The van der Waals surface area contributed by atoms with Crippen molar-refractivity contribution in [1.29, 1.82) is 0 Å². The fourth-order valence-electron chi connectivity index (χ4n) is 2.90. The smallest absolute Gasteiger partial charge is 0.251 e. The molecule has 5 nitrogen and oxygen atoms in total. The molecule has 0 saturated carbocycles. The number of fused-ring (bicyclic) bond motifs is 1. The maximum Gasteiger partial charge on any atom is 0.251 e. The van der Waals surface area contributed by atoms with Crippen molar-refractivity contribution in [3.63, 3.8) is 0 Å². The SMILES string of the molecule is Cc1ccc(-c2nc(CCNC(=O)c3ccc4nc(Cl)ccc4c3)co2)cc1. The lowest BCUT2D eigenvalue weighted by atomic mass is 10.1. The highest BCUT2D eigenvalue weighted by Gasteiger charge is 2.09. The fourth-order valence-corrected chi connectivity index (χ4v) is 3.05. The highest BCUT2D eigenvalue weighted by Crippen LogP contribution is 2.19. The summed E-state index contributed by atoms with van der Waals surface area (Å²) in [5.41, 5.74) is 4.26. The predicted octanol–water partition coefficient (Wildman–Crippen LogP) is 4.82. The number of nitrogens with one attached hydrogen (secondary N) is 1. The molecular formula is C22H18ClN3O2. The average molecular weight is 392 g/mol. The first kappa shape index (κ1) is 18.2. The Kier molecular flexibility index (Phi) is 5.08. The number of aromatic nitrogens is 2. The quantitative estimate of drug-likeness (QED) is 0.495. The Bertz CT molecular complexity index is 1140. The molecule has 0 unspecified atom stereocenters. The summed E-state index contributed by atoms with van der Waals surface area (Å²) in [7, 11) is 0. The summed E-state index contributed by atoms with van der Waals surface area (Å²) in [6.07, 6.45) is 2.22. The monoisotopic (exact) mass is 391 g/mol. The van der Waals surface area contributed by atoms with Crippen LogP contribution in [0.25, 0.3) is 22.4 Å². The molecule has 0 radical (unpaired) electrons. The molecule has 2 aromatic carbocycles.